The highest BCUT2D eigenvalue weighted by atomic mass is 16.5. The number of ether oxygens (including phenoxy) is 1. The second-order valence-electron chi connectivity index (χ2n) is 9.20. The molecule has 5 rings (SSSR count). The number of rotatable bonds is 4. The van der Waals surface area contributed by atoms with Crippen LogP contribution in [0.3, 0.4) is 0 Å². The Kier molecular flexibility index (Phi) is 5.01. The third kappa shape index (κ3) is 3.37. The van der Waals surface area contributed by atoms with E-state index in [4.69, 9.17) is 4.74 Å². The predicted octanol–water partition coefficient (Wildman–Crippen LogP) is 3.75. The molecule has 2 aliphatic heterocycles. The molecule has 3 atom stereocenters. The minimum Gasteiger partial charge on any atom is -0.497 e. The Hall–Kier alpha value is -3.19. The van der Waals surface area contributed by atoms with Gasteiger partial charge in [-0.2, -0.15) is 0 Å². The monoisotopic (exact) mass is 431 g/mol. The van der Waals surface area contributed by atoms with Crippen LogP contribution in [0.25, 0.3) is 0 Å². The summed E-state index contributed by atoms with van der Waals surface area (Å²) < 4.78 is 7.05. The topological polar surface area (TPSA) is 72.3 Å². The molecule has 1 saturated heterocycles. The molecule has 7 heteroatoms. The number of aryl methyl sites for hydroxylation is 2. The SMILES string of the molecule is COc1ccc(CN2C(C)CC3(CC2c2cn(C)nn2)C(=O)Nc2cc(C)ccc23)cc1. The van der Waals surface area contributed by atoms with Crippen LogP contribution >= 0.6 is 0 Å². The summed E-state index contributed by atoms with van der Waals surface area (Å²) >= 11 is 0. The van der Waals surface area contributed by atoms with Gasteiger partial charge < -0.3 is 10.1 Å². The van der Waals surface area contributed by atoms with Crippen LogP contribution in [0.15, 0.2) is 48.7 Å². The third-order valence-electron chi connectivity index (χ3n) is 7.01. The molecule has 1 fully saturated rings. The smallest absolute Gasteiger partial charge is 0.235 e. The Morgan fingerprint density at radius 3 is 2.66 bits per heavy atom. The van der Waals surface area contributed by atoms with Gasteiger partial charge in [0.2, 0.25) is 5.91 Å². The number of aromatic nitrogens is 3. The van der Waals surface area contributed by atoms with Crippen molar-refractivity contribution in [2.75, 3.05) is 12.4 Å². The minimum absolute atomic E-state index is 0.0208. The number of likely N-dealkylation sites (tertiary alicyclic amines) is 1. The van der Waals surface area contributed by atoms with E-state index in [2.05, 4.69) is 64.7 Å². The van der Waals surface area contributed by atoms with Crippen molar-refractivity contribution >= 4 is 11.6 Å². The first-order valence-corrected chi connectivity index (χ1v) is 11.1. The van der Waals surface area contributed by atoms with Crippen molar-refractivity contribution in [1.29, 1.82) is 0 Å². The van der Waals surface area contributed by atoms with Gasteiger partial charge in [0.25, 0.3) is 0 Å². The molecule has 3 aromatic rings. The largest absolute Gasteiger partial charge is 0.497 e. The Morgan fingerprint density at radius 1 is 1.19 bits per heavy atom. The Balaban J connectivity index is 1.53. The number of anilines is 1. The number of benzene rings is 2. The summed E-state index contributed by atoms with van der Waals surface area (Å²) in [5.74, 6) is 0.947. The van der Waals surface area contributed by atoms with Crippen LogP contribution in [0.4, 0.5) is 5.69 Å². The lowest BCUT2D eigenvalue weighted by Crippen LogP contribution is -2.52. The molecule has 0 saturated carbocycles. The molecule has 166 valence electrons. The summed E-state index contributed by atoms with van der Waals surface area (Å²) in [4.78, 5) is 15.9. The molecule has 3 unspecified atom stereocenters. The predicted molar refractivity (Wildman–Crippen MR) is 122 cm³/mol. The quantitative estimate of drug-likeness (QED) is 0.681. The Morgan fingerprint density at radius 2 is 1.97 bits per heavy atom. The maximum Gasteiger partial charge on any atom is 0.235 e. The van der Waals surface area contributed by atoms with Crippen LogP contribution in [0, 0.1) is 6.92 Å². The molecule has 1 aromatic heterocycles. The number of fused-ring (bicyclic) bond motifs is 2. The zero-order valence-electron chi connectivity index (χ0n) is 19.0. The first kappa shape index (κ1) is 20.7. The fraction of sp³-hybridized carbons (Fsp3) is 0.400. The summed E-state index contributed by atoms with van der Waals surface area (Å²) in [5, 5.41) is 11.8. The van der Waals surface area contributed by atoms with Gasteiger partial charge in [0, 0.05) is 31.5 Å². The van der Waals surface area contributed by atoms with Crippen LogP contribution in [0.2, 0.25) is 0 Å². The fourth-order valence-electron chi connectivity index (χ4n) is 5.41. The van der Waals surface area contributed by atoms with Crippen molar-refractivity contribution in [2.24, 2.45) is 7.05 Å². The van der Waals surface area contributed by atoms with Crippen molar-refractivity contribution < 1.29 is 9.53 Å². The zero-order valence-corrected chi connectivity index (χ0v) is 19.0. The molecule has 0 bridgehead atoms. The van der Waals surface area contributed by atoms with E-state index in [0.29, 0.717) is 6.42 Å². The third-order valence-corrected chi connectivity index (χ3v) is 7.01. The van der Waals surface area contributed by atoms with E-state index in [0.717, 1.165) is 41.2 Å². The molecule has 32 heavy (non-hydrogen) atoms. The first-order chi connectivity index (χ1) is 15.4. The normalized spacial score (nSPS) is 25.1. The Bertz CT molecular complexity index is 1160. The average Bonchev–Trinajstić information content (AvgIpc) is 3.31. The summed E-state index contributed by atoms with van der Waals surface area (Å²) in [6.45, 7) is 5.04. The molecular weight excluding hydrogens is 402 g/mol. The van der Waals surface area contributed by atoms with Gasteiger partial charge >= 0.3 is 0 Å². The summed E-state index contributed by atoms with van der Waals surface area (Å²) in [6, 6.07) is 14.6. The minimum atomic E-state index is -0.555. The van der Waals surface area contributed by atoms with Gasteiger partial charge in [0.05, 0.1) is 24.3 Å². The number of hydrogen-bond donors (Lipinski definition) is 1. The second-order valence-corrected chi connectivity index (χ2v) is 9.20. The molecule has 3 heterocycles. The summed E-state index contributed by atoms with van der Waals surface area (Å²) in [6.07, 6.45) is 3.41. The molecule has 2 aliphatic rings. The number of methoxy groups -OCH3 is 1. The molecule has 1 amide bonds. The number of piperidine rings is 1. The van der Waals surface area contributed by atoms with Crippen LogP contribution in [0.5, 0.6) is 5.75 Å². The van der Waals surface area contributed by atoms with E-state index in [1.54, 1.807) is 11.8 Å². The molecule has 1 N–H and O–H groups in total. The van der Waals surface area contributed by atoms with E-state index >= 15 is 0 Å². The lowest BCUT2D eigenvalue weighted by Gasteiger charge is -2.47. The number of amides is 1. The highest BCUT2D eigenvalue weighted by molar-refractivity contribution is 6.06. The van der Waals surface area contributed by atoms with E-state index in [-0.39, 0.29) is 18.0 Å². The number of hydrogen-bond acceptors (Lipinski definition) is 5. The number of nitrogens with one attached hydrogen (secondary N) is 1. The zero-order chi connectivity index (χ0) is 22.5. The maximum absolute atomic E-state index is 13.4. The lowest BCUT2D eigenvalue weighted by atomic mass is 9.68. The number of carbonyl (C=O) groups excluding carboxylic acids is 1. The van der Waals surface area contributed by atoms with E-state index in [1.807, 2.05) is 25.4 Å². The van der Waals surface area contributed by atoms with Gasteiger partial charge in [-0.05, 0) is 61.6 Å². The molecule has 0 radical (unpaired) electrons. The van der Waals surface area contributed by atoms with E-state index in [1.165, 1.54) is 5.56 Å². The molecular formula is C25H29N5O2. The van der Waals surface area contributed by atoms with Crippen LogP contribution in [-0.2, 0) is 23.8 Å². The van der Waals surface area contributed by atoms with E-state index < -0.39 is 5.41 Å². The lowest BCUT2D eigenvalue weighted by molar-refractivity contribution is -0.124. The average molecular weight is 432 g/mol. The van der Waals surface area contributed by atoms with Gasteiger partial charge in [-0.3, -0.25) is 14.4 Å². The number of carbonyl (C=O) groups is 1. The Labute approximate surface area is 188 Å². The van der Waals surface area contributed by atoms with Gasteiger partial charge in [0.1, 0.15) is 5.75 Å². The van der Waals surface area contributed by atoms with Crippen molar-refractivity contribution in [2.45, 2.75) is 50.7 Å². The van der Waals surface area contributed by atoms with Gasteiger partial charge in [-0.15, -0.1) is 5.10 Å². The van der Waals surface area contributed by atoms with Crippen molar-refractivity contribution in [3.8, 4) is 5.75 Å². The number of nitrogens with zero attached hydrogens (tertiary/aromatic N) is 4. The molecule has 1 spiro atoms. The van der Waals surface area contributed by atoms with Crippen molar-refractivity contribution in [3.63, 3.8) is 0 Å². The maximum atomic E-state index is 13.4. The highest BCUT2D eigenvalue weighted by Gasteiger charge is 2.54. The summed E-state index contributed by atoms with van der Waals surface area (Å²) in [5.41, 5.74) is 4.76. The van der Waals surface area contributed by atoms with Crippen LogP contribution in [-0.4, -0.2) is 39.0 Å². The van der Waals surface area contributed by atoms with Gasteiger partial charge in [-0.1, -0.05) is 29.5 Å². The van der Waals surface area contributed by atoms with Gasteiger partial charge in [-0.25, -0.2) is 0 Å². The first-order valence-electron chi connectivity index (χ1n) is 11.1. The van der Waals surface area contributed by atoms with E-state index in [9.17, 15) is 4.79 Å². The standard InChI is InChI=1S/C25H29N5O2/c1-16-5-10-20-21(11-16)26-24(31)25(20)12-17(2)30(14-18-6-8-19(32-4)9-7-18)23(13-25)22-15-29(3)28-27-22/h5-11,15,17,23H,12-14H2,1-4H3,(H,26,31). The highest BCUT2D eigenvalue weighted by Crippen LogP contribution is 2.52. The molecule has 7 nitrogen and oxygen atoms in total. The summed E-state index contributed by atoms with van der Waals surface area (Å²) in [7, 11) is 3.56. The molecule has 0 aliphatic carbocycles. The van der Waals surface area contributed by atoms with Crippen molar-refractivity contribution in [3.05, 3.63) is 71.0 Å². The van der Waals surface area contributed by atoms with Gasteiger partial charge in [0.15, 0.2) is 0 Å². The fourth-order valence-corrected chi connectivity index (χ4v) is 5.41. The van der Waals surface area contributed by atoms with Crippen molar-refractivity contribution in [1.82, 2.24) is 19.9 Å². The van der Waals surface area contributed by atoms with Crippen LogP contribution < -0.4 is 10.1 Å². The molecule has 2 aromatic carbocycles. The van der Waals surface area contributed by atoms with Crippen LogP contribution in [0.1, 0.15) is 48.2 Å². The second kappa shape index (κ2) is 7.74.